The Morgan fingerprint density at radius 2 is 1.51 bits per heavy atom. The summed E-state index contributed by atoms with van der Waals surface area (Å²) in [5, 5.41) is 0.881. The molecule has 5 rings (SSSR count). The third kappa shape index (κ3) is 6.25. The van der Waals surface area contributed by atoms with Crippen LogP contribution in [0, 0.1) is 5.92 Å². The fraction of sp³-hybridized carbons (Fsp3) is 0.500. The van der Waals surface area contributed by atoms with Gasteiger partial charge in [0.15, 0.2) is 9.84 Å². The molecule has 1 aliphatic carbocycles. The van der Waals surface area contributed by atoms with Gasteiger partial charge in [-0.2, -0.15) is 0 Å². The minimum atomic E-state index is -3.07. The second-order valence-electron chi connectivity index (χ2n) is 10.7. The molecule has 0 bridgehead atoms. The molecule has 0 aromatic heterocycles. The average molecular weight is 600 g/mol. The van der Waals surface area contributed by atoms with Crippen LogP contribution >= 0.6 is 23.2 Å². The van der Waals surface area contributed by atoms with Crippen molar-refractivity contribution >= 4 is 44.9 Å². The monoisotopic (exact) mass is 598 g/mol. The number of sulfone groups is 1. The molecule has 210 valence electrons. The van der Waals surface area contributed by atoms with Gasteiger partial charge in [0.2, 0.25) is 11.8 Å². The number of benzene rings is 2. The zero-order valence-corrected chi connectivity index (χ0v) is 23.7. The molecule has 0 unspecified atom stereocenters. The molecular formula is C28H30Cl2F2N2O4S. The Morgan fingerprint density at radius 3 is 2.10 bits per heavy atom. The summed E-state index contributed by atoms with van der Waals surface area (Å²) in [5.41, 5.74) is 2.72. The van der Waals surface area contributed by atoms with E-state index in [2.05, 4.69) is 0 Å². The third-order valence-corrected chi connectivity index (χ3v) is 10.5. The van der Waals surface area contributed by atoms with E-state index in [4.69, 9.17) is 23.2 Å². The van der Waals surface area contributed by atoms with Crippen LogP contribution in [0.5, 0.6) is 0 Å². The lowest BCUT2D eigenvalue weighted by molar-refractivity contribution is -0.135. The number of rotatable bonds is 5. The third-order valence-electron chi connectivity index (χ3n) is 8.17. The second-order valence-corrected chi connectivity index (χ2v) is 13.9. The van der Waals surface area contributed by atoms with E-state index in [9.17, 15) is 26.8 Å². The van der Waals surface area contributed by atoms with Crippen LogP contribution in [-0.2, 0) is 21.1 Å². The van der Waals surface area contributed by atoms with Gasteiger partial charge in [-0.05, 0) is 66.6 Å². The van der Waals surface area contributed by atoms with E-state index in [1.54, 1.807) is 46.2 Å². The van der Waals surface area contributed by atoms with Crippen LogP contribution < -0.4 is 0 Å². The van der Waals surface area contributed by atoms with Gasteiger partial charge >= 0.3 is 0 Å². The van der Waals surface area contributed by atoms with Crippen molar-refractivity contribution in [2.45, 2.75) is 50.5 Å². The van der Waals surface area contributed by atoms with Gasteiger partial charge in [0.25, 0.3) is 5.91 Å². The Hall–Kier alpha value is -2.23. The van der Waals surface area contributed by atoms with Crippen LogP contribution in [0.25, 0.3) is 11.1 Å². The minimum Gasteiger partial charge on any atom is -0.339 e. The van der Waals surface area contributed by atoms with Crippen LogP contribution in [-0.4, -0.2) is 73.1 Å². The highest BCUT2D eigenvalue weighted by Crippen LogP contribution is 2.39. The highest BCUT2D eigenvalue weighted by atomic mass is 35.5. The molecule has 2 aromatic rings. The highest BCUT2D eigenvalue weighted by Gasteiger charge is 2.42. The van der Waals surface area contributed by atoms with Gasteiger partial charge in [-0.25, -0.2) is 17.2 Å². The molecule has 2 aliphatic heterocycles. The highest BCUT2D eigenvalue weighted by molar-refractivity contribution is 7.91. The lowest BCUT2D eigenvalue weighted by Crippen LogP contribution is -2.43. The van der Waals surface area contributed by atoms with Gasteiger partial charge in [0, 0.05) is 60.0 Å². The second kappa shape index (κ2) is 11.0. The van der Waals surface area contributed by atoms with Gasteiger partial charge in [-0.15, -0.1) is 0 Å². The standard InChI is InChI=1S/C28H30Cl2F2N2O4S/c29-24-16-21(18-1-3-19(4-2-18)26(35)33-11-13-39(37,38)14-12-33)17-25(30)23(24)15-20-7-10-34(27(20)36)22-5-8-28(31,32)9-6-22/h1-4,16-17,20,22H,5-15H2/t20-/m0/s1. The fourth-order valence-electron chi connectivity index (χ4n) is 5.77. The molecule has 2 heterocycles. The van der Waals surface area contributed by atoms with Crippen LogP contribution in [0.4, 0.5) is 8.78 Å². The van der Waals surface area contributed by atoms with E-state index >= 15 is 0 Å². The first-order valence-corrected chi connectivity index (χ1v) is 15.8. The molecule has 39 heavy (non-hydrogen) atoms. The first-order chi connectivity index (χ1) is 18.4. The largest absolute Gasteiger partial charge is 0.339 e. The Bertz CT molecular complexity index is 1340. The Balaban J connectivity index is 1.24. The summed E-state index contributed by atoms with van der Waals surface area (Å²) in [6.45, 7) is 0.937. The molecule has 2 saturated heterocycles. The van der Waals surface area contributed by atoms with Crippen LogP contribution in [0.1, 0.15) is 48.0 Å². The van der Waals surface area contributed by atoms with Gasteiger partial charge in [0.05, 0.1) is 11.5 Å². The number of likely N-dealkylation sites (tertiary alicyclic amines) is 1. The minimum absolute atomic E-state index is 0.0204. The molecule has 0 N–H and O–H groups in total. The number of hydrogen-bond donors (Lipinski definition) is 0. The number of amides is 2. The molecule has 0 spiro atoms. The van der Waals surface area contributed by atoms with E-state index in [0.29, 0.717) is 53.4 Å². The van der Waals surface area contributed by atoms with E-state index < -0.39 is 15.8 Å². The maximum absolute atomic E-state index is 13.6. The molecular weight excluding hydrogens is 569 g/mol. The van der Waals surface area contributed by atoms with Gasteiger partial charge in [0.1, 0.15) is 0 Å². The van der Waals surface area contributed by atoms with Crippen molar-refractivity contribution in [1.29, 1.82) is 0 Å². The van der Waals surface area contributed by atoms with E-state index in [-0.39, 0.29) is 61.2 Å². The number of alkyl halides is 2. The van der Waals surface area contributed by atoms with E-state index in [1.807, 2.05) is 0 Å². The summed E-state index contributed by atoms with van der Waals surface area (Å²) < 4.78 is 50.4. The van der Waals surface area contributed by atoms with Crippen LogP contribution in [0.2, 0.25) is 10.0 Å². The maximum Gasteiger partial charge on any atom is 0.253 e. The number of carbonyl (C=O) groups is 2. The van der Waals surface area contributed by atoms with Crippen molar-refractivity contribution in [2.24, 2.45) is 5.92 Å². The van der Waals surface area contributed by atoms with Crippen LogP contribution in [0.3, 0.4) is 0 Å². The first kappa shape index (κ1) is 28.3. The zero-order chi connectivity index (χ0) is 27.9. The van der Waals surface area contributed by atoms with Gasteiger partial charge < -0.3 is 9.80 Å². The Morgan fingerprint density at radius 1 is 0.923 bits per heavy atom. The maximum atomic E-state index is 13.6. The van der Waals surface area contributed by atoms with Crippen molar-refractivity contribution in [3.63, 3.8) is 0 Å². The van der Waals surface area contributed by atoms with Crippen molar-refractivity contribution in [3.8, 4) is 11.1 Å². The van der Waals surface area contributed by atoms with E-state index in [0.717, 1.165) is 11.1 Å². The molecule has 0 radical (unpaired) electrons. The van der Waals surface area contributed by atoms with Crippen molar-refractivity contribution < 1.29 is 26.8 Å². The van der Waals surface area contributed by atoms with Gasteiger partial charge in [-0.3, -0.25) is 9.59 Å². The lowest BCUT2D eigenvalue weighted by Gasteiger charge is -2.34. The summed E-state index contributed by atoms with van der Waals surface area (Å²) in [5.74, 6) is -3.19. The number of hydrogen-bond acceptors (Lipinski definition) is 4. The smallest absolute Gasteiger partial charge is 0.253 e. The topological polar surface area (TPSA) is 74.8 Å². The summed E-state index contributed by atoms with van der Waals surface area (Å²) in [6, 6.07) is 10.4. The predicted octanol–water partition coefficient (Wildman–Crippen LogP) is 5.50. The van der Waals surface area contributed by atoms with Crippen molar-refractivity contribution in [1.82, 2.24) is 9.80 Å². The number of carbonyl (C=O) groups excluding carboxylic acids is 2. The zero-order valence-electron chi connectivity index (χ0n) is 21.3. The molecule has 1 saturated carbocycles. The summed E-state index contributed by atoms with van der Waals surface area (Å²) in [4.78, 5) is 29.2. The number of halogens is 4. The molecule has 3 aliphatic rings. The molecule has 1 atom stereocenters. The molecule has 11 heteroatoms. The predicted molar refractivity (Wildman–Crippen MR) is 147 cm³/mol. The van der Waals surface area contributed by atoms with Crippen molar-refractivity contribution in [3.05, 3.63) is 57.6 Å². The van der Waals surface area contributed by atoms with E-state index in [1.165, 1.54) is 0 Å². The fourth-order valence-corrected chi connectivity index (χ4v) is 7.61. The Kier molecular flexibility index (Phi) is 7.97. The van der Waals surface area contributed by atoms with Crippen LogP contribution in [0.15, 0.2) is 36.4 Å². The Labute approximate surface area is 237 Å². The van der Waals surface area contributed by atoms with Crippen molar-refractivity contribution in [2.75, 3.05) is 31.1 Å². The molecule has 2 amide bonds. The first-order valence-electron chi connectivity index (χ1n) is 13.2. The molecule has 3 fully saturated rings. The SMILES string of the molecule is O=C(c1ccc(-c2cc(Cl)c(C[C@@H]3CCN(C4CCC(F)(F)CC4)C3=O)c(Cl)c2)cc1)N1CCS(=O)(=O)CC1. The number of nitrogens with zero attached hydrogens (tertiary/aromatic N) is 2. The lowest BCUT2D eigenvalue weighted by atomic mass is 9.91. The average Bonchev–Trinajstić information content (AvgIpc) is 3.25. The summed E-state index contributed by atoms with van der Waals surface area (Å²) in [6.07, 6.45) is 1.32. The summed E-state index contributed by atoms with van der Waals surface area (Å²) in [7, 11) is -3.07. The summed E-state index contributed by atoms with van der Waals surface area (Å²) >= 11 is 13.3. The quantitative estimate of drug-likeness (QED) is 0.455. The normalized spacial score (nSPS) is 23.3. The molecule has 2 aromatic carbocycles. The molecule has 6 nitrogen and oxygen atoms in total. The van der Waals surface area contributed by atoms with Gasteiger partial charge in [-0.1, -0.05) is 35.3 Å².